The van der Waals surface area contributed by atoms with Crippen molar-refractivity contribution < 1.29 is 18.4 Å². The summed E-state index contributed by atoms with van der Waals surface area (Å²) in [5.74, 6) is -0.648. The van der Waals surface area contributed by atoms with Crippen LogP contribution in [-0.2, 0) is 9.59 Å². The Morgan fingerprint density at radius 2 is 1.83 bits per heavy atom. The Hall–Kier alpha value is -1.48. The molecule has 5 heterocycles. The predicted molar refractivity (Wildman–Crippen MR) is 128 cm³/mol. The molecule has 13 heteroatoms. The second kappa shape index (κ2) is 10.0. The zero-order valence-corrected chi connectivity index (χ0v) is 20.5. The van der Waals surface area contributed by atoms with Gasteiger partial charge in [0.15, 0.2) is 0 Å². The van der Waals surface area contributed by atoms with Gasteiger partial charge in [-0.05, 0) is 32.4 Å². The van der Waals surface area contributed by atoms with Crippen LogP contribution in [0.3, 0.4) is 0 Å². The van der Waals surface area contributed by atoms with E-state index in [1.807, 2.05) is 0 Å². The molecule has 5 aliphatic heterocycles. The van der Waals surface area contributed by atoms with E-state index in [4.69, 9.17) is 5.73 Å². The highest BCUT2D eigenvalue weighted by molar-refractivity contribution is 5.81. The molecule has 6 fully saturated rings. The van der Waals surface area contributed by atoms with E-state index < -0.39 is 42.7 Å². The summed E-state index contributed by atoms with van der Waals surface area (Å²) in [4.78, 5) is 30.6. The molecule has 202 valence electrons. The fraction of sp³-hybridized carbons (Fsp3) is 0.913. The Morgan fingerprint density at radius 3 is 2.64 bits per heavy atom. The maximum absolute atomic E-state index is 15.3. The Labute approximate surface area is 210 Å². The molecule has 5 saturated heterocycles. The molecule has 9 atom stereocenters. The lowest BCUT2D eigenvalue weighted by Gasteiger charge is -2.45. The van der Waals surface area contributed by atoms with Crippen LogP contribution in [0.5, 0.6) is 0 Å². The SMILES string of the molecule is NC1NN2CC(F)CNC2C1C(=O)NC1CNCC(F)C1N1CCC(C(=O)N2CCNC3CC32)CC1. The van der Waals surface area contributed by atoms with E-state index in [2.05, 4.69) is 36.5 Å². The van der Waals surface area contributed by atoms with Crippen LogP contribution >= 0.6 is 0 Å². The first-order valence-corrected chi connectivity index (χ1v) is 13.5. The van der Waals surface area contributed by atoms with Gasteiger partial charge < -0.3 is 26.6 Å². The molecule has 0 radical (unpaired) electrons. The number of fused-ring (bicyclic) bond motifs is 2. The number of nitrogens with one attached hydrogen (secondary N) is 5. The molecule has 0 aromatic heterocycles. The number of halogens is 2. The first kappa shape index (κ1) is 24.8. The molecule has 0 aromatic rings. The summed E-state index contributed by atoms with van der Waals surface area (Å²) in [7, 11) is 0. The van der Waals surface area contributed by atoms with Gasteiger partial charge in [-0.25, -0.2) is 19.2 Å². The van der Waals surface area contributed by atoms with Gasteiger partial charge in [-0.3, -0.25) is 19.8 Å². The molecule has 6 aliphatic rings. The maximum atomic E-state index is 15.3. The van der Waals surface area contributed by atoms with Crippen molar-refractivity contribution in [3.05, 3.63) is 0 Å². The number of nitrogens with two attached hydrogens (primary N) is 1. The standard InChI is InChI=1S/C23H39F2N9O2/c24-13-8-29-21-18(20(26)31-34(21)11-13)22(35)30-16-10-27-9-14(25)19(16)32-4-1-12(2-5-32)23(36)33-6-3-28-15-7-17(15)33/h12-21,27-29,31H,1-11,26H2,(H,30,35). The quantitative estimate of drug-likeness (QED) is 0.235. The number of rotatable bonds is 4. The summed E-state index contributed by atoms with van der Waals surface area (Å²) in [6, 6.07) is -0.0702. The number of carbonyl (C=O) groups excluding carboxylic acids is 2. The summed E-state index contributed by atoms with van der Waals surface area (Å²) in [6.45, 7) is 3.92. The third-order valence-electron chi connectivity index (χ3n) is 8.94. The Bertz CT molecular complexity index is 846. The third-order valence-corrected chi connectivity index (χ3v) is 8.94. The minimum atomic E-state index is -1.14. The monoisotopic (exact) mass is 511 g/mol. The van der Waals surface area contributed by atoms with Crippen molar-refractivity contribution in [1.82, 2.24) is 41.5 Å². The van der Waals surface area contributed by atoms with Gasteiger partial charge in [0, 0.05) is 57.3 Å². The number of amides is 2. The van der Waals surface area contributed by atoms with Crippen LogP contribution in [-0.4, -0.2) is 128 Å². The number of piperidine rings is 2. The molecule has 2 amide bonds. The number of nitrogens with zero attached hydrogens (tertiary/aromatic N) is 3. The number of carbonyl (C=O) groups is 2. The number of hydrogen-bond donors (Lipinski definition) is 6. The van der Waals surface area contributed by atoms with Crippen molar-refractivity contribution in [2.75, 3.05) is 52.4 Å². The zero-order chi connectivity index (χ0) is 25.0. The zero-order valence-electron chi connectivity index (χ0n) is 20.5. The van der Waals surface area contributed by atoms with Crippen LogP contribution in [0.4, 0.5) is 8.78 Å². The maximum Gasteiger partial charge on any atom is 0.229 e. The normalized spacial score (nSPS) is 44.1. The van der Waals surface area contributed by atoms with Gasteiger partial charge in [0.2, 0.25) is 11.8 Å². The van der Waals surface area contributed by atoms with Gasteiger partial charge in [-0.1, -0.05) is 0 Å². The topological polar surface area (TPSA) is 130 Å². The van der Waals surface area contributed by atoms with E-state index in [0.717, 1.165) is 19.5 Å². The molecule has 1 aliphatic carbocycles. The molecular weight excluding hydrogens is 472 g/mol. The summed E-state index contributed by atoms with van der Waals surface area (Å²) in [5, 5.41) is 14.3. The first-order valence-electron chi connectivity index (χ1n) is 13.5. The summed E-state index contributed by atoms with van der Waals surface area (Å²) >= 11 is 0. The van der Waals surface area contributed by atoms with Crippen LogP contribution in [0.2, 0.25) is 0 Å². The van der Waals surface area contributed by atoms with Gasteiger partial charge in [0.05, 0.1) is 30.3 Å². The highest BCUT2D eigenvalue weighted by Gasteiger charge is 2.50. The molecule has 1 saturated carbocycles. The van der Waals surface area contributed by atoms with Crippen molar-refractivity contribution in [3.63, 3.8) is 0 Å². The number of piperazine rings is 1. The van der Waals surface area contributed by atoms with E-state index in [9.17, 15) is 14.0 Å². The summed E-state index contributed by atoms with van der Waals surface area (Å²) in [5.41, 5.74) is 9.19. The van der Waals surface area contributed by atoms with Gasteiger partial charge in [-0.15, -0.1) is 0 Å². The van der Waals surface area contributed by atoms with E-state index in [1.165, 1.54) is 0 Å². The minimum absolute atomic E-state index is 0.0151. The fourth-order valence-corrected chi connectivity index (χ4v) is 6.98. The van der Waals surface area contributed by atoms with Crippen LogP contribution in [0, 0.1) is 11.8 Å². The first-order chi connectivity index (χ1) is 17.4. The molecule has 0 aromatic carbocycles. The molecule has 11 nitrogen and oxygen atoms in total. The molecule has 7 N–H and O–H groups in total. The number of hydrogen-bond acceptors (Lipinski definition) is 9. The fourth-order valence-electron chi connectivity index (χ4n) is 6.98. The van der Waals surface area contributed by atoms with Gasteiger partial charge in [0.1, 0.15) is 12.3 Å². The molecule has 0 bridgehead atoms. The second-order valence-corrected chi connectivity index (χ2v) is 11.3. The van der Waals surface area contributed by atoms with Gasteiger partial charge >= 0.3 is 0 Å². The Balaban J connectivity index is 1.07. The number of likely N-dealkylation sites (tertiary alicyclic amines) is 1. The Kier molecular flexibility index (Phi) is 6.90. The van der Waals surface area contributed by atoms with E-state index in [-0.39, 0.29) is 37.4 Å². The lowest BCUT2D eigenvalue weighted by Crippen LogP contribution is -2.67. The van der Waals surface area contributed by atoms with Gasteiger partial charge in [0.25, 0.3) is 0 Å². The molecule has 9 unspecified atom stereocenters. The Morgan fingerprint density at radius 1 is 1.03 bits per heavy atom. The molecule has 6 rings (SSSR count). The highest BCUT2D eigenvalue weighted by Crippen LogP contribution is 2.34. The van der Waals surface area contributed by atoms with Crippen molar-refractivity contribution in [1.29, 1.82) is 0 Å². The molecule has 36 heavy (non-hydrogen) atoms. The van der Waals surface area contributed by atoms with Crippen molar-refractivity contribution in [3.8, 4) is 0 Å². The van der Waals surface area contributed by atoms with Gasteiger partial charge in [-0.2, -0.15) is 0 Å². The van der Waals surface area contributed by atoms with Crippen LogP contribution in [0.15, 0.2) is 0 Å². The molecule has 0 spiro atoms. The smallest absolute Gasteiger partial charge is 0.229 e. The van der Waals surface area contributed by atoms with E-state index in [0.29, 0.717) is 44.6 Å². The van der Waals surface area contributed by atoms with Crippen molar-refractivity contribution >= 4 is 11.8 Å². The second-order valence-electron chi connectivity index (χ2n) is 11.3. The lowest BCUT2D eigenvalue weighted by atomic mass is 9.89. The number of hydrazine groups is 1. The van der Waals surface area contributed by atoms with E-state index >= 15 is 4.39 Å². The van der Waals surface area contributed by atoms with E-state index in [1.54, 1.807) is 5.01 Å². The lowest BCUT2D eigenvalue weighted by molar-refractivity contribution is -0.138. The average molecular weight is 512 g/mol. The summed E-state index contributed by atoms with van der Waals surface area (Å²) in [6.07, 6.45) is -0.756. The number of alkyl halides is 2. The van der Waals surface area contributed by atoms with Crippen LogP contribution < -0.4 is 32.4 Å². The van der Waals surface area contributed by atoms with Crippen molar-refractivity contribution in [2.24, 2.45) is 17.6 Å². The van der Waals surface area contributed by atoms with Crippen LogP contribution in [0.1, 0.15) is 19.3 Å². The van der Waals surface area contributed by atoms with Crippen LogP contribution in [0.25, 0.3) is 0 Å². The highest BCUT2D eigenvalue weighted by atomic mass is 19.1. The van der Waals surface area contributed by atoms with Crippen molar-refractivity contribution in [2.45, 2.75) is 68.1 Å². The minimum Gasteiger partial charge on any atom is -0.350 e. The third kappa shape index (κ3) is 4.63. The predicted octanol–water partition coefficient (Wildman–Crippen LogP) is -2.95. The average Bonchev–Trinajstić information content (AvgIpc) is 3.58. The molecular formula is C23H39F2N9O2. The summed E-state index contributed by atoms with van der Waals surface area (Å²) < 4.78 is 29.1. The largest absolute Gasteiger partial charge is 0.350 e.